The molecule has 68 heavy (non-hydrogen) atoms. The first-order valence-corrected chi connectivity index (χ1v) is 23.4. The number of guanidine groups is 1. The number of nitrogens with zero attached hydrogens (tertiary/aromatic N) is 1. The average Bonchev–Trinajstić information content (AvgIpc) is 3.83. The minimum Gasteiger partial charge on any atom is -0.481 e. The van der Waals surface area contributed by atoms with E-state index in [4.69, 9.17) is 16.2 Å². The van der Waals surface area contributed by atoms with Crippen LogP contribution >= 0.6 is 0 Å². The molecule has 0 bridgehead atoms. The molecule has 0 spiro atoms. The van der Waals surface area contributed by atoms with Crippen LogP contribution in [-0.4, -0.2) is 144 Å². The zero-order valence-electron chi connectivity index (χ0n) is 39.9. The van der Waals surface area contributed by atoms with Gasteiger partial charge in [-0.1, -0.05) is 78.6 Å². The fourth-order valence-electron chi connectivity index (χ4n) is 6.77. The van der Waals surface area contributed by atoms with E-state index < -0.39 is 121 Å². The molecular formula is C43H76N12O13. The Kier molecular flexibility index (Phi) is 30.1. The lowest BCUT2D eigenvalue weighted by Gasteiger charge is -2.23. The van der Waals surface area contributed by atoms with Crippen molar-refractivity contribution in [2.24, 2.45) is 22.4 Å². The van der Waals surface area contributed by atoms with Crippen LogP contribution in [-0.2, 0) is 52.7 Å². The van der Waals surface area contributed by atoms with Crippen LogP contribution in [0.2, 0.25) is 0 Å². The molecule has 0 aromatic rings. The quantitative estimate of drug-likeness (QED) is 0.0107. The van der Waals surface area contributed by atoms with Crippen molar-refractivity contribution in [2.45, 2.75) is 167 Å². The predicted molar refractivity (Wildman–Crippen MR) is 248 cm³/mol. The highest BCUT2D eigenvalue weighted by atomic mass is 16.5. The maximum absolute atomic E-state index is 13.3. The summed E-state index contributed by atoms with van der Waals surface area (Å²) in [6.07, 6.45) is 10.4. The minimum atomic E-state index is -1.70. The summed E-state index contributed by atoms with van der Waals surface area (Å²) in [5.41, 5.74) is 15.6. The van der Waals surface area contributed by atoms with Gasteiger partial charge in [0.25, 0.3) is 0 Å². The molecule has 6 atom stereocenters. The maximum Gasteiger partial charge on any atom is 0.329 e. The second-order valence-electron chi connectivity index (χ2n) is 17.0. The summed E-state index contributed by atoms with van der Waals surface area (Å²) in [6, 6.07) is -7.33. The minimum absolute atomic E-state index is 0.0134. The summed E-state index contributed by atoms with van der Waals surface area (Å²) in [7, 11) is 0. The van der Waals surface area contributed by atoms with E-state index >= 15 is 0 Å². The monoisotopic (exact) mass is 969 g/mol. The number of amides is 7. The first-order valence-electron chi connectivity index (χ1n) is 23.4. The second-order valence-corrected chi connectivity index (χ2v) is 17.0. The van der Waals surface area contributed by atoms with Crippen molar-refractivity contribution in [3.8, 4) is 0 Å². The van der Waals surface area contributed by atoms with Crippen molar-refractivity contribution >= 4 is 65.2 Å². The van der Waals surface area contributed by atoms with Gasteiger partial charge in [-0.25, -0.2) is 15.0 Å². The summed E-state index contributed by atoms with van der Waals surface area (Å²) < 4.78 is 5.43. The van der Waals surface area contributed by atoms with Crippen molar-refractivity contribution in [1.82, 2.24) is 48.1 Å². The van der Waals surface area contributed by atoms with Gasteiger partial charge in [0.15, 0.2) is 5.96 Å². The zero-order chi connectivity index (χ0) is 51.0. The van der Waals surface area contributed by atoms with Gasteiger partial charge in [-0.3, -0.25) is 48.8 Å². The number of hydrazine groups is 1. The largest absolute Gasteiger partial charge is 0.481 e. The molecular weight excluding hydrogens is 893 g/mol. The van der Waals surface area contributed by atoms with E-state index in [0.717, 1.165) is 38.5 Å². The number of carboxylic acid groups (broad SMARTS) is 2. The van der Waals surface area contributed by atoms with E-state index in [0.29, 0.717) is 19.4 Å². The highest BCUT2D eigenvalue weighted by Gasteiger charge is 2.31. The average molecular weight is 969 g/mol. The number of hydrogen-bond acceptors (Lipinski definition) is 14. The summed E-state index contributed by atoms with van der Waals surface area (Å²) in [5.74, 6) is -10.3. The molecule has 25 heteroatoms. The first kappa shape index (κ1) is 59.9. The molecule has 1 rings (SSSR count). The van der Waals surface area contributed by atoms with Crippen molar-refractivity contribution in [1.29, 1.82) is 0 Å². The Hall–Kier alpha value is -6.11. The summed E-state index contributed by atoms with van der Waals surface area (Å²) in [5, 5.41) is 35.8. The number of carboxylic acids is 2. The number of hydrogen-bond donors (Lipinski definition) is 13. The van der Waals surface area contributed by atoms with Gasteiger partial charge < -0.3 is 63.6 Å². The molecule has 1 heterocycles. The molecule has 0 aromatic heterocycles. The molecule has 1 aliphatic heterocycles. The molecule has 0 aliphatic carbocycles. The van der Waals surface area contributed by atoms with Crippen molar-refractivity contribution in [2.75, 3.05) is 32.8 Å². The highest BCUT2D eigenvalue weighted by Crippen LogP contribution is 2.11. The molecule has 7 amide bonds. The SMILES string of the molecule is CCCCCCCCCCCCOC(=O)[C@H](CC(=O)NN[C@@H](CCCN=C(N)N)C(=O)NCC(=O)N[C@@H](CC(=O)O)C(=O)N[C@H](C(=O)O)C(C)C)NC(=O)CNC(=O)[C@H](C)NC(=O)[C@@H]1CCCN1. The summed E-state index contributed by atoms with van der Waals surface area (Å²) >= 11 is 0. The Balaban J connectivity index is 3.00. The Bertz CT molecular complexity index is 1690. The third-order valence-electron chi connectivity index (χ3n) is 10.6. The summed E-state index contributed by atoms with van der Waals surface area (Å²) in [6.45, 7) is 5.99. The van der Waals surface area contributed by atoms with E-state index in [-0.39, 0.29) is 37.9 Å². The Morgan fingerprint density at radius 1 is 0.691 bits per heavy atom. The molecule has 0 saturated carbocycles. The third kappa shape index (κ3) is 26.9. The lowest BCUT2D eigenvalue weighted by atomic mass is 10.0. The molecule has 0 aromatic carbocycles. The number of esters is 1. The molecule has 0 radical (unpaired) electrons. The number of nitrogens with two attached hydrogens (primary N) is 2. The van der Waals surface area contributed by atoms with Crippen LogP contribution in [0.3, 0.4) is 0 Å². The number of nitrogens with one attached hydrogen (secondary N) is 9. The molecule has 386 valence electrons. The van der Waals surface area contributed by atoms with Crippen LogP contribution in [0.25, 0.3) is 0 Å². The van der Waals surface area contributed by atoms with Gasteiger partial charge in [-0.15, -0.1) is 0 Å². The third-order valence-corrected chi connectivity index (χ3v) is 10.6. The van der Waals surface area contributed by atoms with Crippen molar-refractivity contribution in [3.63, 3.8) is 0 Å². The number of aliphatic carboxylic acids is 2. The van der Waals surface area contributed by atoms with Gasteiger partial charge in [-0.05, 0) is 51.5 Å². The van der Waals surface area contributed by atoms with Crippen LogP contribution < -0.4 is 59.5 Å². The predicted octanol–water partition coefficient (Wildman–Crippen LogP) is -1.96. The van der Waals surface area contributed by atoms with E-state index in [9.17, 15) is 58.2 Å². The van der Waals surface area contributed by atoms with E-state index in [2.05, 4.69) is 60.0 Å². The van der Waals surface area contributed by atoms with Crippen LogP contribution in [0.15, 0.2) is 4.99 Å². The van der Waals surface area contributed by atoms with E-state index in [1.165, 1.54) is 46.5 Å². The fraction of sp³-hybridized carbons (Fsp3) is 0.744. The molecule has 15 N–H and O–H groups in total. The number of rotatable bonds is 36. The smallest absolute Gasteiger partial charge is 0.329 e. The fourth-order valence-corrected chi connectivity index (χ4v) is 6.77. The van der Waals surface area contributed by atoms with Crippen LogP contribution in [0.5, 0.6) is 0 Å². The standard InChI is InChI=1S/C43H76N12O13/c1-5-6-7-8-9-10-11-12-13-14-21-68-42(67)31(52-34(58)24-48-37(61)27(4)50-39(63)28-17-15-19-46-28)22-32(56)55-54-29(18-16-20-47-43(44)45)38(62)49-25-33(57)51-30(23-35(59)60)40(64)53-36(26(2)3)41(65)66/h26-31,36,46,54H,5-25H2,1-4H3,(H,48,61)(H,49,62)(H,50,63)(H,51,57)(H,52,58)(H,53,64)(H,55,56)(H,59,60)(H,65,66)(H4,44,45,47)/t27-,28-,29-,30-,31-,36-/m0/s1. The van der Waals surface area contributed by atoms with Crippen molar-refractivity contribution in [3.05, 3.63) is 0 Å². The van der Waals surface area contributed by atoms with Gasteiger partial charge in [0, 0.05) is 6.54 Å². The van der Waals surface area contributed by atoms with Gasteiger partial charge >= 0.3 is 17.9 Å². The first-order chi connectivity index (χ1) is 32.2. The zero-order valence-corrected chi connectivity index (χ0v) is 39.9. The van der Waals surface area contributed by atoms with Gasteiger partial charge in [0.05, 0.1) is 38.6 Å². The Labute approximate surface area is 397 Å². The van der Waals surface area contributed by atoms with Gasteiger partial charge in [-0.2, -0.15) is 0 Å². The normalized spacial score (nSPS) is 15.3. The number of carbonyl (C=O) groups is 10. The number of unbranched alkanes of at least 4 members (excludes halogenated alkanes) is 9. The van der Waals surface area contributed by atoms with Crippen LogP contribution in [0.4, 0.5) is 0 Å². The molecule has 25 nitrogen and oxygen atoms in total. The number of carbonyl (C=O) groups excluding carboxylic acids is 8. The second kappa shape index (κ2) is 34.2. The molecule has 1 fully saturated rings. The summed E-state index contributed by atoms with van der Waals surface area (Å²) in [4.78, 5) is 131. The molecule has 1 saturated heterocycles. The topological polar surface area (TPSA) is 393 Å². The van der Waals surface area contributed by atoms with Crippen molar-refractivity contribution < 1.29 is 62.9 Å². The van der Waals surface area contributed by atoms with E-state index in [1.807, 2.05) is 0 Å². The maximum atomic E-state index is 13.3. The van der Waals surface area contributed by atoms with Crippen LogP contribution in [0, 0.1) is 5.92 Å². The van der Waals surface area contributed by atoms with Crippen LogP contribution in [0.1, 0.15) is 130 Å². The number of ether oxygens (including phenoxy) is 1. The molecule has 1 aliphatic rings. The number of aliphatic imine (C=N–C) groups is 1. The Morgan fingerprint density at radius 2 is 1.28 bits per heavy atom. The molecule has 0 unspecified atom stereocenters. The Morgan fingerprint density at radius 3 is 1.82 bits per heavy atom. The van der Waals surface area contributed by atoms with Gasteiger partial charge in [0.2, 0.25) is 41.4 Å². The van der Waals surface area contributed by atoms with E-state index in [1.54, 1.807) is 0 Å². The van der Waals surface area contributed by atoms with Gasteiger partial charge in [0.1, 0.15) is 30.2 Å². The lowest BCUT2D eigenvalue weighted by Crippen LogP contribution is -2.56. The highest BCUT2D eigenvalue weighted by molar-refractivity contribution is 5.95. The lowest BCUT2D eigenvalue weighted by molar-refractivity contribution is -0.149.